The van der Waals surface area contributed by atoms with E-state index in [1.807, 2.05) is 20.8 Å². The summed E-state index contributed by atoms with van der Waals surface area (Å²) >= 11 is 0. The zero-order chi connectivity index (χ0) is 9.84. The third-order valence-corrected chi connectivity index (χ3v) is 2.39. The maximum Gasteiger partial charge on any atom is 0.310 e. The quantitative estimate of drug-likeness (QED) is 0.671. The molecule has 2 atom stereocenters. The van der Waals surface area contributed by atoms with Gasteiger partial charge in [-0.3, -0.25) is 4.79 Å². The molecule has 0 bridgehead atoms. The second-order valence-electron chi connectivity index (χ2n) is 4.16. The van der Waals surface area contributed by atoms with Crippen LogP contribution in [0.2, 0.25) is 0 Å². The van der Waals surface area contributed by atoms with Crippen molar-refractivity contribution in [2.75, 3.05) is 13.2 Å². The van der Waals surface area contributed by atoms with Crippen LogP contribution in [0.3, 0.4) is 0 Å². The molecular formula is C10H19NO2. The number of ether oxygens (including phenoxy) is 1. The van der Waals surface area contributed by atoms with Crippen LogP contribution in [0.1, 0.15) is 27.2 Å². The molecule has 1 N–H and O–H groups in total. The van der Waals surface area contributed by atoms with Crippen LogP contribution in [-0.4, -0.2) is 25.2 Å². The van der Waals surface area contributed by atoms with Gasteiger partial charge in [0.05, 0.1) is 12.5 Å². The SMILES string of the molecule is CC(C)COC(=O)C1CCNC1C. The van der Waals surface area contributed by atoms with Crippen molar-refractivity contribution >= 4 is 5.97 Å². The molecule has 0 aromatic heterocycles. The van der Waals surface area contributed by atoms with Gasteiger partial charge in [0.1, 0.15) is 0 Å². The number of nitrogens with one attached hydrogen (secondary N) is 1. The molecule has 76 valence electrons. The minimum absolute atomic E-state index is 0.0359. The van der Waals surface area contributed by atoms with E-state index in [1.54, 1.807) is 0 Å². The zero-order valence-corrected chi connectivity index (χ0v) is 8.67. The molecule has 1 rings (SSSR count). The Labute approximate surface area is 79.8 Å². The Bertz CT molecular complexity index is 180. The topological polar surface area (TPSA) is 38.3 Å². The molecule has 1 heterocycles. The van der Waals surface area contributed by atoms with Crippen LogP contribution in [0.4, 0.5) is 0 Å². The number of rotatable bonds is 3. The van der Waals surface area contributed by atoms with Crippen LogP contribution < -0.4 is 5.32 Å². The average molecular weight is 185 g/mol. The first kappa shape index (κ1) is 10.5. The largest absolute Gasteiger partial charge is 0.465 e. The van der Waals surface area contributed by atoms with Gasteiger partial charge in [-0.1, -0.05) is 13.8 Å². The normalized spacial score (nSPS) is 28.0. The second-order valence-corrected chi connectivity index (χ2v) is 4.16. The number of carbonyl (C=O) groups excluding carboxylic acids is 1. The molecule has 0 radical (unpaired) electrons. The molecule has 0 saturated carbocycles. The first-order valence-corrected chi connectivity index (χ1v) is 5.01. The maximum atomic E-state index is 11.5. The highest BCUT2D eigenvalue weighted by atomic mass is 16.5. The van der Waals surface area contributed by atoms with E-state index in [-0.39, 0.29) is 17.9 Å². The van der Waals surface area contributed by atoms with Gasteiger partial charge >= 0.3 is 5.97 Å². The third kappa shape index (κ3) is 2.99. The van der Waals surface area contributed by atoms with Crippen molar-refractivity contribution in [2.45, 2.75) is 33.2 Å². The molecule has 0 aromatic rings. The average Bonchev–Trinajstić information content (AvgIpc) is 2.47. The summed E-state index contributed by atoms with van der Waals surface area (Å²) in [7, 11) is 0. The summed E-state index contributed by atoms with van der Waals surface area (Å²) in [6, 6.07) is 0.277. The smallest absolute Gasteiger partial charge is 0.310 e. The fourth-order valence-electron chi connectivity index (χ4n) is 1.54. The first-order chi connectivity index (χ1) is 6.11. The minimum atomic E-state index is -0.0359. The van der Waals surface area contributed by atoms with Crippen LogP contribution in [0.15, 0.2) is 0 Å². The number of carbonyl (C=O) groups is 1. The van der Waals surface area contributed by atoms with Crippen molar-refractivity contribution in [1.29, 1.82) is 0 Å². The Morgan fingerprint density at radius 3 is 2.77 bits per heavy atom. The van der Waals surface area contributed by atoms with Gasteiger partial charge in [0, 0.05) is 6.04 Å². The van der Waals surface area contributed by atoms with Gasteiger partial charge in [0.25, 0.3) is 0 Å². The van der Waals surface area contributed by atoms with Gasteiger partial charge < -0.3 is 10.1 Å². The molecule has 3 heteroatoms. The van der Waals surface area contributed by atoms with E-state index in [9.17, 15) is 4.79 Å². The van der Waals surface area contributed by atoms with Crippen LogP contribution in [-0.2, 0) is 9.53 Å². The van der Waals surface area contributed by atoms with E-state index < -0.39 is 0 Å². The molecule has 1 aliphatic heterocycles. The molecular weight excluding hydrogens is 166 g/mol. The molecule has 1 fully saturated rings. The van der Waals surface area contributed by atoms with E-state index in [0.29, 0.717) is 12.5 Å². The lowest BCUT2D eigenvalue weighted by molar-refractivity contribution is -0.149. The molecule has 13 heavy (non-hydrogen) atoms. The van der Waals surface area contributed by atoms with Crippen molar-refractivity contribution < 1.29 is 9.53 Å². The highest BCUT2D eigenvalue weighted by Gasteiger charge is 2.30. The molecule has 1 saturated heterocycles. The summed E-state index contributed by atoms with van der Waals surface area (Å²) in [5.74, 6) is 0.457. The van der Waals surface area contributed by atoms with Crippen molar-refractivity contribution in [3.63, 3.8) is 0 Å². The molecule has 2 unspecified atom stereocenters. The highest BCUT2D eigenvalue weighted by Crippen LogP contribution is 2.16. The molecule has 0 aliphatic carbocycles. The Hall–Kier alpha value is -0.570. The predicted octanol–water partition coefficient (Wildman–Crippen LogP) is 1.18. The highest BCUT2D eigenvalue weighted by molar-refractivity contribution is 5.73. The fourth-order valence-corrected chi connectivity index (χ4v) is 1.54. The van der Waals surface area contributed by atoms with Crippen molar-refractivity contribution in [3.8, 4) is 0 Å². The van der Waals surface area contributed by atoms with Gasteiger partial charge in [0.2, 0.25) is 0 Å². The van der Waals surface area contributed by atoms with Crippen molar-refractivity contribution in [1.82, 2.24) is 5.32 Å². The number of hydrogen-bond donors (Lipinski definition) is 1. The van der Waals surface area contributed by atoms with E-state index in [0.717, 1.165) is 13.0 Å². The van der Waals surface area contributed by atoms with Crippen LogP contribution in [0.5, 0.6) is 0 Å². The van der Waals surface area contributed by atoms with Crippen molar-refractivity contribution in [3.05, 3.63) is 0 Å². The Morgan fingerprint density at radius 2 is 2.31 bits per heavy atom. The van der Waals surface area contributed by atoms with Gasteiger partial charge in [-0.05, 0) is 25.8 Å². The number of hydrogen-bond acceptors (Lipinski definition) is 3. The summed E-state index contributed by atoms with van der Waals surface area (Å²) in [4.78, 5) is 11.5. The van der Waals surface area contributed by atoms with Gasteiger partial charge in [-0.25, -0.2) is 0 Å². The second kappa shape index (κ2) is 4.61. The zero-order valence-electron chi connectivity index (χ0n) is 8.67. The predicted molar refractivity (Wildman–Crippen MR) is 51.4 cm³/mol. The van der Waals surface area contributed by atoms with Gasteiger partial charge in [-0.15, -0.1) is 0 Å². The first-order valence-electron chi connectivity index (χ1n) is 5.01. The molecule has 0 spiro atoms. The Morgan fingerprint density at radius 1 is 1.62 bits per heavy atom. The Kier molecular flexibility index (Phi) is 3.72. The molecule has 1 aliphatic rings. The van der Waals surface area contributed by atoms with E-state index >= 15 is 0 Å². The monoisotopic (exact) mass is 185 g/mol. The van der Waals surface area contributed by atoms with Gasteiger partial charge in [-0.2, -0.15) is 0 Å². The lowest BCUT2D eigenvalue weighted by Gasteiger charge is -2.14. The standard InChI is InChI=1S/C10H19NO2/c1-7(2)6-13-10(12)9-4-5-11-8(9)3/h7-9,11H,4-6H2,1-3H3. The van der Waals surface area contributed by atoms with Crippen LogP contribution >= 0.6 is 0 Å². The minimum Gasteiger partial charge on any atom is -0.465 e. The van der Waals surface area contributed by atoms with E-state index in [2.05, 4.69) is 5.32 Å². The lowest BCUT2D eigenvalue weighted by Crippen LogP contribution is -2.30. The van der Waals surface area contributed by atoms with Crippen LogP contribution in [0.25, 0.3) is 0 Å². The number of esters is 1. The van der Waals surface area contributed by atoms with E-state index in [1.165, 1.54) is 0 Å². The lowest BCUT2D eigenvalue weighted by atomic mass is 10.0. The Balaban J connectivity index is 2.30. The molecule has 3 nitrogen and oxygen atoms in total. The summed E-state index contributed by atoms with van der Waals surface area (Å²) < 4.78 is 5.18. The van der Waals surface area contributed by atoms with Gasteiger partial charge in [0.15, 0.2) is 0 Å². The summed E-state index contributed by atoms with van der Waals surface area (Å²) in [5.41, 5.74) is 0. The summed E-state index contributed by atoms with van der Waals surface area (Å²) in [5, 5.41) is 3.24. The maximum absolute atomic E-state index is 11.5. The molecule has 0 amide bonds. The summed E-state index contributed by atoms with van der Waals surface area (Å²) in [6.07, 6.45) is 0.915. The summed E-state index contributed by atoms with van der Waals surface area (Å²) in [6.45, 7) is 7.60. The third-order valence-electron chi connectivity index (χ3n) is 2.39. The van der Waals surface area contributed by atoms with E-state index in [4.69, 9.17) is 4.74 Å². The van der Waals surface area contributed by atoms with Crippen molar-refractivity contribution in [2.24, 2.45) is 11.8 Å². The fraction of sp³-hybridized carbons (Fsp3) is 0.900. The van der Waals surface area contributed by atoms with Crippen LogP contribution in [0, 0.1) is 11.8 Å². The molecule has 0 aromatic carbocycles.